The van der Waals surface area contributed by atoms with Crippen LogP contribution in [0.2, 0.25) is 0 Å². The van der Waals surface area contributed by atoms with Crippen LogP contribution in [0.25, 0.3) is 11.2 Å². The number of fused-ring (bicyclic) bond motifs is 1. The first-order valence-electron chi connectivity index (χ1n) is 8.19. The number of nitrogens with one attached hydrogen (secondary N) is 1. The molecule has 0 spiro atoms. The van der Waals surface area contributed by atoms with Gasteiger partial charge in [0, 0.05) is 21.1 Å². The molecule has 9 nitrogen and oxygen atoms in total. The summed E-state index contributed by atoms with van der Waals surface area (Å²) in [7, 11) is 4.69. The summed E-state index contributed by atoms with van der Waals surface area (Å²) in [4.78, 5) is 28.7. The number of benzene rings is 1. The zero-order valence-electron chi connectivity index (χ0n) is 15.3. The van der Waals surface area contributed by atoms with Crippen LogP contribution in [0, 0.1) is 0 Å². The summed E-state index contributed by atoms with van der Waals surface area (Å²) in [6.45, 7) is 4.05. The normalized spacial score (nSPS) is 11.2. The fourth-order valence-electron chi connectivity index (χ4n) is 2.59. The molecule has 0 saturated heterocycles. The van der Waals surface area contributed by atoms with Crippen molar-refractivity contribution >= 4 is 23.3 Å². The number of hydrazone groups is 1. The zero-order chi connectivity index (χ0) is 19.6. The Labute approximate surface area is 154 Å². The largest absolute Gasteiger partial charge is 0.490 e. The van der Waals surface area contributed by atoms with Crippen LogP contribution >= 0.6 is 0 Å². The lowest BCUT2D eigenvalue weighted by atomic mass is 10.2. The van der Waals surface area contributed by atoms with Crippen molar-refractivity contribution < 1.29 is 4.74 Å². The van der Waals surface area contributed by atoms with E-state index >= 15 is 0 Å². The minimum Gasteiger partial charge on any atom is -0.490 e. The molecule has 0 atom stereocenters. The van der Waals surface area contributed by atoms with Gasteiger partial charge in [0.25, 0.3) is 5.56 Å². The van der Waals surface area contributed by atoms with Crippen LogP contribution < -0.4 is 21.4 Å². The minimum absolute atomic E-state index is 0.298. The van der Waals surface area contributed by atoms with Crippen LogP contribution in [0.5, 0.6) is 5.75 Å². The third-order valence-electron chi connectivity index (χ3n) is 4.10. The average Bonchev–Trinajstić information content (AvgIpc) is 3.00. The molecule has 1 N–H and O–H groups in total. The van der Waals surface area contributed by atoms with Crippen LogP contribution in [0.15, 0.2) is 51.6 Å². The Bertz CT molecular complexity index is 1140. The van der Waals surface area contributed by atoms with Gasteiger partial charge in [0.2, 0.25) is 5.95 Å². The van der Waals surface area contributed by atoms with E-state index in [2.05, 4.69) is 22.1 Å². The second-order valence-corrected chi connectivity index (χ2v) is 5.91. The topological polar surface area (TPSA) is 95.4 Å². The fourth-order valence-corrected chi connectivity index (χ4v) is 2.59. The summed E-state index contributed by atoms with van der Waals surface area (Å²) in [5, 5.41) is 4.15. The fraction of sp³-hybridized carbons (Fsp3) is 0.222. The molecule has 140 valence electrons. The molecule has 2 aromatic heterocycles. The average molecular weight is 368 g/mol. The van der Waals surface area contributed by atoms with Gasteiger partial charge in [-0.25, -0.2) is 10.2 Å². The maximum Gasteiger partial charge on any atom is 0.332 e. The maximum absolute atomic E-state index is 12.3. The lowest BCUT2D eigenvalue weighted by Gasteiger charge is -2.03. The van der Waals surface area contributed by atoms with E-state index in [4.69, 9.17) is 4.74 Å². The van der Waals surface area contributed by atoms with Crippen LogP contribution in [-0.4, -0.2) is 31.5 Å². The van der Waals surface area contributed by atoms with Gasteiger partial charge in [-0.3, -0.25) is 13.9 Å². The molecular formula is C18H20N6O3. The van der Waals surface area contributed by atoms with E-state index in [0.717, 1.165) is 15.9 Å². The SMILES string of the molecule is C=CCOc1ccc(C=NNc2nc3c(c(=O)n(C)c(=O)n3C)n2C)cc1. The van der Waals surface area contributed by atoms with Gasteiger partial charge in [-0.1, -0.05) is 12.7 Å². The van der Waals surface area contributed by atoms with Crippen molar-refractivity contribution in [3.8, 4) is 5.75 Å². The molecule has 3 aromatic rings. The number of ether oxygens (including phenoxy) is 1. The summed E-state index contributed by atoms with van der Waals surface area (Å²) in [5.41, 5.74) is 3.44. The predicted molar refractivity (Wildman–Crippen MR) is 105 cm³/mol. The second-order valence-electron chi connectivity index (χ2n) is 5.91. The van der Waals surface area contributed by atoms with Gasteiger partial charge < -0.3 is 9.30 Å². The Balaban J connectivity index is 1.84. The van der Waals surface area contributed by atoms with Crippen molar-refractivity contribution in [2.24, 2.45) is 26.2 Å². The highest BCUT2D eigenvalue weighted by Gasteiger charge is 2.16. The lowest BCUT2D eigenvalue weighted by molar-refractivity contribution is 0.363. The van der Waals surface area contributed by atoms with E-state index in [1.54, 1.807) is 31.0 Å². The van der Waals surface area contributed by atoms with E-state index in [1.807, 2.05) is 24.3 Å². The van der Waals surface area contributed by atoms with Gasteiger partial charge in [0.1, 0.15) is 12.4 Å². The molecule has 0 unspecified atom stereocenters. The standard InChI is InChI=1S/C18H20N6O3/c1-5-10-27-13-8-6-12(7-9-13)11-19-21-17-20-15-14(22(17)2)16(25)24(4)18(26)23(15)3/h5-9,11H,1,10H2,2-4H3,(H,20,21). The molecule has 0 fully saturated rings. The van der Waals surface area contributed by atoms with Crippen molar-refractivity contribution in [2.45, 2.75) is 0 Å². The van der Waals surface area contributed by atoms with Gasteiger partial charge >= 0.3 is 5.69 Å². The predicted octanol–water partition coefficient (Wildman–Crippen LogP) is 0.981. The Hall–Kier alpha value is -3.62. The highest BCUT2D eigenvalue weighted by molar-refractivity contribution is 5.80. The highest BCUT2D eigenvalue weighted by Crippen LogP contribution is 2.14. The number of aromatic nitrogens is 4. The molecular weight excluding hydrogens is 348 g/mol. The van der Waals surface area contributed by atoms with Gasteiger partial charge in [0.15, 0.2) is 11.2 Å². The summed E-state index contributed by atoms with van der Waals surface area (Å²) in [6.07, 6.45) is 3.30. The van der Waals surface area contributed by atoms with E-state index in [0.29, 0.717) is 23.7 Å². The molecule has 0 aliphatic rings. The molecule has 0 bridgehead atoms. The first-order valence-corrected chi connectivity index (χ1v) is 8.19. The maximum atomic E-state index is 12.3. The first kappa shape index (κ1) is 18.2. The Morgan fingerprint density at radius 3 is 2.52 bits per heavy atom. The Kier molecular flexibility index (Phi) is 4.93. The summed E-state index contributed by atoms with van der Waals surface area (Å²) >= 11 is 0. The molecule has 9 heteroatoms. The summed E-state index contributed by atoms with van der Waals surface area (Å²) in [6, 6.07) is 7.38. The number of anilines is 1. The number of aryl methyl sites for hydroxylation is 2. The number of nitrogens with zero attached hydrogens (tertiary/aromatic N) is 5. The van der Waals surface area contributed by atoms with E-state index < -0.39 is 11.2 Å². The van der Waals surface area contributed by atoms with Crippen LogP contribution in [0.4, 0.5) is 5.95 Å². The van der Waals surface area contributed by atoms with Crippen molar-refractivity contribution in [3.05, 3.63) is 63.3 Å². The van der Waals surface area contributed by atoms with E-state index in [-0.39, 0.29) is 0 Å². The van der Waals surface area contributed by atoms with Gasteiger partial charge in [0.05, 0.1) is 6.21 Å². The molecule has 0 aliphatic carbocycles. The van der Waals surface area contributed by atoms with E-state index in [1.165, 1.54) is 11.6 Å². The Morgan fingerprint density at radius 2 is 1.85 bits per heavy atom. The molecule has 0 aliphatic heterocycles. The number of hydrogen-bond donors (Lipinski definition) is 1. The minimum atomic E-state index is -0.431. The van der Waals surface area contributed by atoms with Gasteiger partial charge in [-0.05, 0) is 29.8 Å². The molecule has 1 aromatic carbocycles. The second kappa shape index (κ2) is 7.32. The number of hydrogen-bond acceptors (Lipinski definition) is 6. The smallest absolute Gasteiger partial charge is 0.332 e. The molecule has 2 heterocycles. The van der Waals surface area contributed by atoms with Gasteiger partial charge in [-0.15, -0.1) is 0 Å². The molecule has 0 amide bonds. The zero-order valence-corrected chi connectivity index (χ0v) is 15.3. The first-order chi connectivity index (χ1) is 12.9. The monoisotopic (exact) mass is 368 g/mol. The third-order valence-corrected chi connectivity index (χ3v) is 4.10. The number of imidazole rings is 1. The van der Waals surface area contributed by atoms with E-state index in [9.17, 15) is 9.59 Å². The third kappa shape index (κ3) is 3.39. The van der Waals surface area contributed by atoms with Gasteiger partial charge in [-0.2, -0.15) is 10.1 Å². The van der Waals surface area contributed by atoms with Crippen molar-refractivity contribution in [1.82, 2.24) is 18.7 Å². The lowest BCUT2D eigenvalue weighted by Crippen LogP contribution is -2.37. The molecule has 0 radical (unpaired) electrons. The van der Waals surface area contributed by atoms with Crippen molar-refractivity contribution in [3.63, 3.8) is 0 Å². The summed E-state index contributed by atoms with van der Waals surface area (Å²) in [5.74, 6) is 1.10. The summed E-state index contributed by atoms with van der Waals surface area (Å²) < 4.78 is 9.37. The van der Waals surface area contributed by atoms with Crippen molar-refractivity contribution in [2.75, 3.05) is 12.0 Å². The quantitative estimate of drug-likeness (QED) is 0.398. The Morgan fingerprint density at radius 1 is 1.15 bits per heavy atom. The highest BCUT2D eigenvalue weighted by atomic mass is 16.5. The van der Waals surface area contributed by atoms with Crippen LogP contribution in [0.3, 0.4) is 0 Å². The molecule has 0 saturated carbocycles. The number of rotatable bonds is 6. The van der Waals surface area contributed by atoms with Crippen LogP contribution in [0.1, 0.15) is 5.56 Å². The van der Waals surface area contributed by atoms with Crippen molar-refractivity contribution in [1.29, 1.82) is 0 Å². The molecule has 27 heavy (non-hydrogen) atoms. The van der Waals surface area contributed by atoms with Crippen LogP contribution in [-0.2, 0) is 21.1 Å². The molecule has 3 rings (SSSR count).